The second-order valence-corrected chi connectivity index (χ2v) is 4.52. The number of carbonyl (C=O) groups excluding carboxylic acids is 1. The molecule has 1 aromatic rings. The number of nitrogen functional groups attached to an aromatic ring is 1. The van der Waals surface area contributed by atoms with Gasteiger partial charge in [0, 0.05) is 5.69 Å². The second-order valence-electron chi connectivity index (χ2n) is 4.52. The highest BCUT2D eigenvalue weighted by atomic mass is 16.3. The van der Waals surface area contributed by atoms with Gasteiger partial charge < -0.3 is 16.2 Å². The van der Waals surface area contributed by atoms with Gasteiger partial charge in [-0.3, -0.25) is 4.79 Å². The normalized spacial score (nSPS) is 24.3. The molecule has 0 spiro atoms. The number of benzene rings is 1. The Bertz CT molecular complexity index is 406. The van der Waals surface area contributed by atoms with Crippen LogP contribution in [-0.2, 0) is 0 Å². The van der Waals surface area contributed by atoms with Crippen molar-refractivity contribution in [2.75, 3.05) is 5.73 Å². The van der Waals surface area contributed by atoms with Crippen molar-refractivity contribution in [1.82, 2.24) is 5.32 Å². The summed E-state index contributed by atoms with van der Waals surface area (Å²) in [4.78, 5) is 12.0. The molecule has 0 aromatic heterocycles. The molecule has 0 unspecified atom stereocenters. The lowest BCUT2D eigenvalue weighted by Crippen LogP contribution is -2.45. The molecule has 1 amide bonds. The van der Waals surface area contributed by atoms with Crippen LogP contribution in [0.4, 0.5) is 5.69 Å². The maximum Gasteiger partial charge on any atom is 0.253 e. The molecule has 4 nitrogen and oxygen atoms in total. The van der Waals surface area contributed by atoms with Gasteiger partial charge in [-0.1, -0.05) is 25.0 Å². The van der Waals surface area contributed by atoms with E-state index in [4.69, 9.17) is 5.73 Å². The molecular formula is C13H18N2O2. The molecule has 4 heteroatoms. The number of amides is 1. The fraction of sp³-hybridized carbons (Fsp3) is 0.462. The summed E-state index contributed by atoms with van der Waals surface area (Å²) < 4.78 is 0. The summed E-state index contributed by atoms with van der Waals surface area (Å²) in [6.45, 7) is 0. The van der Waals surface area contributed by atoms with E-state index in [9.17, 15) is 9.90 Å². The van der Waals surface area contributed by atoms with Crippen molar-refractivity contribution in [2.45, 2.75) is 37.8 Å². The summed E-state index contributed by atoms with van der Waals surface area (Å²) >= 11 is 0. The van der Waals surface area contributed by atoms with Crippen molar-refractivity contribution in [2.24, 2.45) is 0 Å². The molecule has 17 heavy (non-hydrogen) atoms. The Morgan fingerprint density at radius 2 is 2.00 bits per heavy atom. The van der Waals surface area contributed by atoms with Crippen LogP contribution in [0.25, 0.3) is 0 Å². The monoisotopic (exact) mass is 234 g/mol. The quantitative estimate of drug-likeness (QED) is 0.675. The Morgan fingerprint density at radius 1 is 1.29 bits per heavy atom. The molecule has 0 radical (unpaired) electrons. The van der Waals surface area contributed by atoms with Crippen molar-refractivity contribution >= 4 is 11.6 Å². The van der Waals surface area contributed by atoms with Gasteiger partial charge in [0.25, 0.3) is 5.91 Å². The lowest BCUT2D eigenvalue weighted by Gasteiger charge is -2.28. The Labute approximate surface area is 101 Å². The lowest BCUT2D eigenvalue weighted by molar-refractivity contribution is 0.0718. The van der Waals surface area contributed by atoms with Crippen molar-refractivity contribution in [3.8, 4) is 0 Å². The van der Waals surface area contributed by atoms with Gasteiger partial charge in [0.1, 0.15) is 0 Å². The van der Waals surface area contributed by atoms with E-state index in [-0.39, 0.29) is 11.9 Å². The first kappa shape index (κ1) is 11.9. The standard InChI is InChI=1S/C13H18N2O2/c14-10-6-2-1-5-9(10)13(17)15-11-7-3-4-8-12(11)16/h1-2,5-6,11-12,16H,3-4,7-8,14H2,(H,15,17)/t11-,12-/m1/s1. The minimum Gasteiger partial charge on any atom is -0.398 e. The number of para-hydroxylation sites is 1. The first-order chi connectivity index (χ1) is 8.18. The summed E-state index contributed by atoms with van der Waals surface area (Å²) in [5.41, 5.74) is 6.68. The van der Waals surface area contributed by atoms with E-state index >= 15 is 0 Å². The maximum absolute atomic E-state index is 12.0. The van der Waals surface area contributed by atoms with Gasteiger partial charge in [-0.05, 0) is 25.0 Å². The van der Waals surface area contributed by atoms with Crippen LogP contribution in [-0.4, -0.2) is 23.2 Å². The molecule has 92 valence electrons. The number of rotatable bonds is 2. The molecule has 0 aliphatic heterocycles. The number of nitrogens with two attached hydrogens (primary N) is 1. The smallest absolute Gasteiger partial charge is 0.253 e. The Balaban J connectivity index is 2.04. The molecule has 1 aliphatic rings. The SMILES string of the molecule is Nc1ccccc1C(=O)N[C@@H]1CCCC[C@H]1O. The summed E-state index contributed by atoms with van der Waals surface area (Å²) in [6.07, 6.45) is 3.24. The predicted octanol–water partition coefficient (Wildman–Crippen LogP) is 1.30. The zero-order valence-electron chi connectivity index (χ0n) is 9.73. The molecule has 0 saturated heterocycles. The van der Waals surface area contributed by atoms with Gasteiger partial charge in [0.2, 0.25) is 0 Å². The number of hydrogen-bond donors (Lipinski definition) is 3. The third kappa shape index (κ3) is 2.77. The van der Waals surface area contributed by atoms with E-state index in [1.807, 2.05) is 0 Å². The minimum atomic E-state index is -0.433. The average molecular weight is 234 g/mol. The molecule has 4 N–H and O–H groups in total. The molecule has 1 aliphatic carbocycles. The van der Waals surface area contributed by atoms with Crippen LogP contribution in [0.1, 0.15) is 36.0 Å². The van der Waals surface area contributed by atoms with Crippen LogP contribution in [0.15, 0.2) is 24.3 Å². The van der Waals surface area contributed by atoms with Gasteiger partial charge in [-0.25, -0.2) is 0 Å². The van der Waals surface area contributed by atoms with E-state index in [1.165, 1.54) is 0 Å². The number of anilines is 1. The number of aliphatic hydroxyl groups excluding tert-OH is 1. The van der Waals surface area contributed by atoms with Gasteiger partial charge in [-0.2, -0.15) is 0 Å². The summed E-state index contributed by atoms with van der Waals surface area (Å²) in [6, 6.07) is 6.83. The van der Waals surface area contributed by atoms with Crippen molar-refractivity contribution in [1.29, 1.82) is 0 Å². The topological polar surface area (TPSA) is 75.4 Å². The fourth-order valence-electron chi connectivity index (χ4n) is 2.23. The van der Waals surface area contributed by atoms with E-state index in [0.717, 1.165) is 25.7 Å². The first-order valence-electron chi connectivity index (χ1n) is 6.02. The number of hydrogen-bond acceptors (Lipinski definition) is 3. The Morgan fingerprint density at radius 3 is 2.71 bits per heavy atom. The largest absolute Gasteiger partial charge is 0.398 e. The van der Waals surface area contributed by atoms with Gasteiger partial charge in [0.05, 0.1) is 17.7 Å². The lowest BCUT2D eigenvalue weighted by atomic mass is 9.92. The van der Waals surface area contributed by atoms with Crippen molar-refractivity contribution in [3.63, 3.8) is 0 Å². The highest BCUT2D eigenvalue weighted by molar-refractivity contribution is 5.99. The molecule has 0 bridgehead atoms. The van der Waals surface area contributed by atoms with Crippen LogP contribution in [0.5, 0.6) is 0 Å². The van der Waals surface area contributed by atoms with Crippen molar-refractivity contribution < 1.29 is 9.90 Å². The Hall–Kier alpha value is -1.55. The van der Waals surface area contributed by atoms with E-state index in [2.05, 4.69) is 5.32 Å². The molecule has 0 heterocycles. The molecular weight excluding hydrogens is 216 g/mol. The fourth-order valence-corrected chi connectivity index (χ4v) is 2.23. The number of carbonyl (C=O) groups is 1. The van der Waals surface area contributed by atoms with Crippen LogP contribution >= 0.6 is 0 Å². The second kappa shape index (κ2) is 5.19. The van der Waals surface area contributed by atoms with Crippen LogP contribution in [0.3, 0.4) is 0 Å². The maximum atomic E-state index is 12.0. The van der Waals surface area contributed by atoms with Gasteiger partial charge in [0.15, 0.2) is 0 Å². The third-order valence-electron chi connectivity index (χ3n) is 3.25. The third-order valence-corrected chi connectivity index (χ3v) is 3.25. The average Bonchev–Trinajstić information content (AvgIpc) is 2.32. The van der Waals surface area contributed by atoms with Crippen LogP contribution in [0, 0.1) is 0 Å². The highest BCUT2D eigenvalue weighted by Crippen LogP contribution is 2.19. The van der Waals surface area contributed by atoms with Gasteiger partial charge in [-0.15, -0.1) is 0 Å². The number of nitrogens with one attached hydrogen (secondary N) is 1. The summed E-state index contributed by atoms with van der Waals surface area (Å²) in [5.74, 6) is -0.200. The molecule has 2 rings (SSSR count). The zero-order valence-corrected chi connectivity index (χ0v) is 9.73. The van der Waals surface area contributed by atoms with Crippen molar-refractivity contribution in [3.05, 3.63) is 29.8 Å². The number of aliphatic hydroxyl groups is 1. The first-order valence-corrected chi connectivity index (χ1v) is 6.02. The summed E-state index contributed by atoms with van der Waals surface area (Å²) in [5, 5.41) is 12.6. The van der Waals surface area contributed by atoms with Gasteiger partial charge >= 0.3 is 0 Å². The molecule has 1 fully saturated rings. The Kier molecular flexibility index (Phi) is 3.64. The van der Waals surface area contributed by atoms with Crippen LogP contribution < -0.4 is 11.1 Å². The van der Waals surface area contributed by atoms with E-state index < -0.39 is 6.10 Å². The predicted molar refractivity (Wildman–Crippen MR) is 66.6 cm³/mol. The van der Waals surface area contributed by atoms with Crippen LogP contribution in [0.2, 0.25) is 0 Å². The molecule has 2 atom stereocenters. The molecule has 1 saturated carbocycles. The summed E-state index contributed by atoms with van der Waals surface area (Å²) in [7, 11) is 0. The van der Waals surface area contributed by atoms with E-state index in [0.29, 0.717) is 11.3 Å². The molecule has 1 aromatic carbocycles. The minimum absolute atomic E-state index is 0.143. The highest BCUT2D eigenvalue weighted by Gasteiger charge is 2.25. The zero-order chi connectivity index (χ0) is 12.3. The van der Waals surface area contributed by atoms with E-state index in [1.54, 1.807) is 24.3 Å².